The summed E-state index contributed by atoms with van der Waals surface area (Å²) in [5.41, 5.74) is 13.9. The molecule has 1 aromatic heterocycles. The van der Waals surface area contributed by atoms with E-state index in [1.807, 2.05) is 6.07 Å². The Hall–Kier alpha value is -7.48. The number of hydrogen-bond acceptors (Lipinski definition) is 1. The van der Waals surface area contributed by atoms with Crippen LogP contribution >= 0.6 is 0 Å². The quantitative estimate of drug-likeness (QED) is 0.156. The summed E-state index contributed by atoms with van der Waals surface area (Å²) in [4.78, 5) is 0. The first kappa shape index (κ1) is 32.9. The van der Waals surface area contributed by atoms with Crippen molar-refractivity contribution in [2.24, 2.45) is 0 Å². The molecule has 11 rings (SSSR count). The maximum Gasteiger partial charge on any atom is 0.143 e. The highest BCUT2D eigenvalue weighted by Crippen LogP contribution is 2.46. The van der Waals surface area contributed by atoms with E-state index in [0.29, 0.717) is 0 Å². The van der Waals surface area contributed by atoms with Crippen molar-refractivity contribution in [1.29, 1.82) is 0 Å². The van der Waals surface area contributed by atoms with Gasteiger partial charge in [0.15, 0.2) is 0 Å². The molecule has 0 fully saturated rings. The van der Waals surface area contributed by atoms with E-state index in [9.17, 15) is 0 Å². The average molecular weight is 725 g/mol. The molecule has 0 saturated heterocycles. The third kappa shape index (κ3) is 5.63. The predicted molar refractivity (Wildman–Crippen MR) is 241 cm³/mol. The summed E-state index contributed by atoms with van der Waals surface area (Å²) in [6.45, 7) is 0. The van der Waals surface area contributed by atoms with Gasteiger partial charge in [0.05, 0.1) is 0 Å². The van der Waals surface area contributed by atoms with Crippen molar-refractivity contribution in [3.63, 3.8) is 0 Å². The minimum atomic E-state index is 0.883. The zero-order valence-electron chi connectivity index (χ0n) is 31.2. The van der Waals surface area contributed by atoms with Gasteiger partial charge in [-0.05, 0) is 101 Å². The molecule has 266 valence electrons. The van der Waals surface area contributed by atoms with Gasteiger partial charge in [-0.3, -0.25) is 0 Å². The normalized spacial score (nSPS) is 11.5. The minimum Gasteiger partial charge on any atom is -0.455 e. The smallest absolute Gasteiger partial charge is 0.143 e. The molecule has 10 aromatic carbocycles. The van der Waals surface area contributed by atoms with Gasteiger partial charge >= 0.3 is 0 Å². The molecule has 57 heavy (non-hydrogen) atoms. The molecule has 0 amide bonds. The Bertz CT molecular complexity index is 3200. The van der Waals surface area contributed by atoms with Crippen molar-refractivity contribution in [3.05, 3.63) is 218 Å². The van der Waals surface area contributed by atoms with E-state index in [-0.39, 0.29) is 0 Å². The van der Waals surface area contributed by atoms with E-state index in [0.717, 1.165) is 44.5 Å². The summed E-state index contributed by atoms with van der Waals surface area (Å²) >= 11 is 0. The molecule has 11 aromatic rings. The maximum absolute atomic E-state index is 6.58. The molecule has 0 atom stereocenters. The highest BCUT2D eigenvalue weighted by Gasteiger charge is 2.20. The van der Waals surface area contributed by atoms with Gasteiger partial charge in [-0.25, -0.2) is 0 Å². The Morgan fingerprint density at radius 3 is 1.40 bits per heavy atom. The van der Waals surface area contributed by atoms with Crippen LogP contribution in [0.25, 0.3) is 110 Å². The number of benzene rings is 10. The van der Waals surface area contributed by atoms with E-state index in [1.165, 1.54) is 65.7 Å². The van der Waals surface area contributed by atoms with Crippen LogP contribution in [-0.2, 0) is 0 Å². The maximum atomic E-state index is 6.58. The Morgan fingerprint density at radius 1 is 0.246 bits per heavy atom. The Kier molecular flexibility index (Phi) is 7.89. The van der Waals surface area contributed by atoms with E-state index >= 15 is 0 Å². The third-order valence-electron chi connectivity index (χ3n) is 11.5. The van der Waals surface area contributed by atoms with Gasteiger partial charge in [0.25, 0.3) is 0 Å². The first-order chi connectivity index (χ1) is 28.3. The summed E-state index contributed by atoms with van der Waals surface area (Å²) < 4.78 is 6.58. The second-order valence-electron chi connectivity index (χ2n) is 14.8. The first-order valence-corrected chi connectivity index (χ1v) is 19.6. The van der Waals surface area contributed by atoms with Crippen LogP contribution in [-0.4, -0.2) is 0 Å². The summed E-state index contributed by atoms with van der Waals surface area (Å²) in [5, 5.41) is 8.62. The minimum absolute atomic E-state index is 0.883. The molecule has 0 radical (unpaired) electrons. The fourth-order valence-corrected chi connectivity index (χ4v) is 8.86. The average Bonchev–Trinajstić information content (AvgIpc) is 3.68. The van der Waals surface area contributed by atoms with Gasteiger partial charge in [0, 0.05) is 16.5 Å². The standard InChI is InChI=1S/C56H36O/c1-3-16-39(17-4-1)55-51-36-42(33-34-52(51)57-56(55)41-18-5-2-6-19-41)37-29-31-40(32-30-37)53-47-24-9-11-26-49(47)54(50-27-12-10-25-48(50)53)44-22-13-21-43(35-44)46-28-14-20-38-15-7-8-23-45(38)46/h1-36H. The van der Waals surface area contributed by atoms with Crippen molar-refractivity contribution in [1.82, 2.24) is 0 Å². The third-order valence-corrected chi connectivity index (χ3v) is 11.5. The van der Waals surface area contributed by atoms with Gasteiger partial charge in [0.2, 0.25) is 0 Å². The first-order valence-electron chi connectivity index (χ1n) is 19.6. The zero-order chi connectivity index (χ0) is 37.7. The Morgan fingerprint density at radius 2 is 0.719 bits per heavy atom. The van der Waals surface area contributed by atoms with Crippen LogP contribution in [0.2, 0.25) is 0 Å². The van der Waals surface area contributed by atoms with E-state index in [2.05, 4.69) is 212 Å². The number of fused-ring (bicyclic) bond motifs is 4. The highest BCUT2D eigenvalue weighted by molar-refractivity contribution is 6.21. The lowest BCUT2D eigenvalue weighted by Crippen LogP contribution is -1.91. The largest absolute Gasteiger partial charge is 0.455 e. The summed E-state index contributed by atoms with van der Waals surface area (Å²) in [5.74, 6) is 0.895. The van der Waals surface area contributed by atoms with Gasteiger partial charge in [0.1, 0.15) is 11.3 Å². The molecule has 0 N–H and O–H groups in total. The lowest BCUT2D eigenvalue weighted by atomic mass is 9.85. The zero-order valence-corrected chi connectivity index (χ0v) is 31.2. The van der Waals surface area contributed by atoms with Gasteiger partial charge < -0.3 is 4.42 Å². The summed E-state index contributed by atoms with van der Waals surface area (Å²) in [6, 6.07) is 78.8. The molecule has 0 bridgehead atoms. The lowest BCUT2D eigenvalue weighted by molar-refractivity contribution is 0.632. The molecule has 1 nitrogen and oxygen atoms in total. The molecular weight excluding hydrogens is 689 g/mol. The van der Waals surface area contributed by atoms with Crippen LogP contribution in [0.1, 0.15) is 0 Å². The van der Waals surface area contributed by atoms with Gasteiger partial charge in [-0.15, -0.1) is 0 Å². The molecule has 0 aliphatic heterocycles. The van der Waals surface area contributed by atoms with Gasteiger partial charge in [-0.1, -0.05) is 200 Å². The van der Waals surface area contributed by atoms with Crippen LogP contribution in [0.4, 0.5) is 0 Å². The number of hydrogen-bond donors (Lipinski definition) is 0. The number of rotatable bonds is 6. The Balaban J connectivity index is 1.04. The van der Waals surface area contributed by atoms with Crippen LogP contribution in [0.5, 0.6) is 0 Å². The topological polar surface area (TPSA) is 13.1 Å². The Labute approximate surface area is 331 Å². The van der Waals surface area contributed by atoms with Crippen LogP contribution in [0, 0.1) is 0 Å². The molecule has 0 saturated carbocycles. The van der Waals surface area contributed by atoms with Crippen molar-refractivity contribution < 1.29 is 4.42 Å². The second kappa shape index (κ2) is 13.7. The summed E-state index contributed by atoms with van der Waals surface area (Å²) in [6.07, 6.45) is 0. The van der Waals surface area contributed by atoms with Crippen molar-refractivity contribution in [2.75, 3.05) is 0 Å². The van der Waals surface area contributed by atoms with Crippen LogP contribution in [0.3, 0.4) is 0 Å². The second-order valence-corrected chi connectivity index (χ2v) is 14.8. The van der Waals surface area contributed by atoms with Crippen molar-refractivity contribution in [3.8, 4) is 67.0 Å². The van der Waals surface area contributed by atoms with E-state index < -0.39 is 0 Å². The fourth-order valence-electron chi connectivity index (χ4n) is 8.86. The molecular formula is C56H36O. The van der Waals surface area contributed by atoms with E-state index in [1.54, 1.807) is 0 Å². The fraction of sp³-hybridized carbons (Fsp3) is 0. The predicted octanol–water partition coefficient (Wildman–Crippen LogP) is 15.9. The highest BCUT2D eigenvalue weighted by atomic mass is 16.3. The molecule has 0 aliphatic carbocycles. The van der Waals surface area contributed by atoms with Crippen LogP contribution in [0.15, 0.2) is 223 Å². The van der Waals surface area contributed by atoms with Crippen LogP contribution < -0.4 is 0 Å². The number of furan rings is 1. The summed E-state index contributed by atoms with van der Waals surface area (Å²) in [7, 11) is 0. The van der Waals surface area contributed by atoms with Crippen molar-refractivity contribution in [2.45, 2.75) is 0 Å². The lowest BCUT2D eigenvalue weighted by Gasteiger charge is -2.18. The molecule has 0 unspecified atom stereocenters. The molecule has 1 heteroatoms. The van der Waals surface area contributed by atoms with Crippen molar-refractivity contribution >= 4 is 43.3 Å². The monoisotopic (exact) mass is 724 g/mol. The van der Waals surface area contributed by atoms with E-state index in [4.69, 9.17) is 4.42 Å². The molecule has 1 heterocycles. The van der Waals surface area contributed by atoms with Gasteiger partial charge in [-0.2, -0.15) is 0 Å². The molecule has 0 aliphatic rings. The SMILES string of the molecule is c1ccc(-c2oc3ccc(-c4ccc(-c5c6ccccc6c(-c6cccc(-c7cccc8ccccc78)c6)c6ccccc56)cc4)cc3c2-c2ccccc2)cc1. The molecule has 0 spiro atoms.